The maximum absolute atomic E-state index is 13.6. The SMILES string of the molecule is O=C(Nc1cnccc1N1CCC(F)(F)C1)c1ccnc(NC(=O)C2CC2)c1. The van der Waals surface area contributed by atoms with Crippen LogP contribution in [0.1, 0.15) is 29.6 Å². The van der Waals surface area contributed by atoms with Crippen molar-refractivity contribution in [3.05, 3.63) is 42.4 Å². The highest BCUT2D eigenvalue weighted by Crippen LogP contribution is 2.34. The first-order valence-corrected chi connectivity index (χ1v) is 9.06. The molecule has 1 aliphatic carbocycles. The second-order valence-electron chi connectivity index (χ2n) is 7.07. The zero-order valence-electron chi connectivity index (χ0n) is 15.0. The van der Waals surface area contributed by atoms with Crippen molar-refractivity contribution in [1.82, 2.24) is 9.97 Å². The van der Waals surface area contributed by atoms with Crippen LogP contribution in [0.25, 0.3) is 0 Å². The fourth-order valence-corrected chi connectivity index (χ4v) is 3.11. The minimum atomic E-state index is -2.75. The Morgan fingerprint density at radius 3 is 2.71 bits per heavy atom. The third-order valence-corrected chi connectivity index (χ3v) is 4.78. The van der Waals surface area contributed by atoms with Gasteiger partial charge in [0.1, 0.15) is 5.82 Å². The Morgan fingerprint density at radius 1 is 1.18 bits per heavy atom. The van der Waals surface area contributed by atoms with Crippen LogP contribution in [0.3, 0.4) is 0 Å². The smallest absolute Gasteiger partial charge is 0.266 e. The van der Waals surface area contributed by atoms with Crippen molar-refractivity contribution in [1.29, 1.82) is 0 Å². The van der Waals surface area contributed by atoms with Gasteiger partial charge in [-0.25, -0.2) is 13.8 Å². The van der Waals surface area contributed by atoms with Crippen molar-refractivity contribution in [2.24, 2.45) is 5.92 Å². The van der Waals surface area contributed by atoms with Gasteiger partial charge < -0.3 is 15.5 Å². The fourth-order valence-electron chi connectivity index (χ4n) is 3.11. The number of carbonyl (C=O) groups is 2. The standard InChI is InChI=1S/C19H19F2N5O2/c20-19(21)5-8-26(11-19)15-4-6-22-10-14(15)24-18(28)13-3-7-23-16(9-13)25-17(27)12-1-2-12/h3-4,6-7,9-10,12H,1-2,5,8,11H2,(H,24,28)(H,23,25,27). The summed E-state index contributed by atoms with van der Waals surface area (Å²) in [6.45, 7) is -0.195. The lowest BCUT2D eigenvalue weighted by Crippen LogP contribution is -2.26. The number of nitrogens with one attached hydrogen (secondary N) is 2. The van der Waals surface area contributed by atoms with Gasteiger partial charge in [0, 0.05) is 36.8 Å². The Kier molecular flexibility index (Phi) is 4.66. The molecule has 0 radical (unpaired) electrons. The average Bonchev–Trinajstić information content (AvgIpc) is 3.46. The predicted molar refractivity (Wildman–Crippen MR) is 99.6 cm³/mol. The van der Waals surface area contributed by atoms with E-state index in [1.54, 1.807) is 6.07 Å². The summed E-state index contributed by atoms with van der Waals surface area (Å²) in [6.07, 6.45) is 5.87. The van der Waals surface area contributed by atoms with Gasteiger partial charge in [-0.3, -0.25) is 14.6 Å². The van der Waals surface area contributed by atoms with Crippen molar-refractivity contribution in [3.8, 4) is 0 Å². The molecule has 2 amide bonds. The molecule has 2 aromatic heterocycles. The number of carbonyl (C=O) groups excluding carboxylic acids is 2. The van der Waals surface area contributed by atoms with E-state index in [0.29, 0.717) is 22.8 Å². The van der Waals surface area contributed by atoms with Crippen molar-refractivity contribution in [2.45, 2.75) is 25.2 Å². The molecule has 2 aromatic rings. The summed E-state index contributed by atoms with van der Waals surface area (Å²) in [5.41, 5.74) is 1.14. The van der Waals surface area contributed by atoms with E-state index in [0.717, 1.165) is 12.8 Å². The number of rotatable bonds is 5. The van der Waals surface area contributed by atoms with E-state index in [9.17, 15) is 18.4 Å². The number of halogens is 2. The molecule has 146 valence electrons. The normalized spacial score (nSPS) is 18.0. The summed E-state index contributed by atoms with van der Waals surface area (Å²) >= 11 is 0. The molecule has 0 atom stereocenters. The minimum absolute atomic E-state index is 0.0239. The number of hydrogen-bond acceptors (Lipinski definition) is 5. The van der Waals surface area contributed by atoms with Crippen LogP contribution in [0, 0.1) is 5.92 Å². The number of anilines is 3. The number of hydrogen-bond donors (Lipinski definition) is 2. The van der Waals surface area contributed by atoms with Crippen LogP contribution < -0.4 is 15.5 Å². The Morgan fingerprint density at radius 2 is 2.00 bits per heavy atom. The van der Waals surface area contributed by atoms with Gasteiger partial charge in [0.15, 0.2) is 0 Å². The Bertz CT molecular complexity index is 917. The van der Waals surface area contributed by atoms with Crippen molar-refractivity contribution in [3.63, 3.8) is 0 Å². The van der Waals surface area contributed by atoms with Crippen molar-refractivity contribution < 1.29 is 18.4 Å². The molecule has 2 fully saturated rings. The average molecular weight is 387 g/mol. The Labute approximate surface area is 160 Å². The van der Waals surface area contributed by atoms with Crippen molar-refractivity contribution >= 4 is 29.0 Å². The highest BCUT2D eigenvalue weighted by atomic mass is 19.3. The van der Waals surface area contributed by atoms with E-state index < -0.39 is 18.4 Å². The largest absolute Gasteiger partial charge is 0.364 e. The minimum Gasteiger partial charge on any atom is -0.364 e. The van der Waals surface area contributed by atoms with Crippen LogP contribution >= 0.6 is 0 Å². The number of alkyl halides is 2. The molecule has 3 heterocycles. The first-order chi connectivity index (χ1) is 13.4. The molecule has 2 N–H and O–H groups in total. The van der Waals surface area contributed by atoms with Crippen molar-refractivity contribution in [2.75, 3.05) is 28.6 Å². The van der Waals surface area contributed by atoms with Crippen LogP contribution in [-0.4, -0.2) is 40.8 Å². The summed E-state index contributed by atoms with van der Waals surface area (Å²) < 4.78 is 27.1. The topological polar surface area (TPSA) is 87.2 Å². The van der Waals surface area contributed by atoms with Gasteiger partial charge in [0.25, 0.3) is 11.8 Å². The lowest BCUT2D eigenvalue weighted by Gasteiger charge is -2.21. The highest BCUT2D eigenvalue weighted by Gasteiger charge is 2.39. The summed E-state index contributed by atoms with van der Waals surface area (Å²) in [6, 6.07) is 4.60. The molecule has 9 heteroatoms. The molecular formula is C19H19F2N5O2. The first kappa shape index (κ1) is 18.3. The number of aromatic nitrogens is 2. The summed E-state index contributed by atoms with van der Waals surface area (Å²) in [4.78, 5) is 34.1. The van der Waals surface area contributed by atoms with E-state index in [1.165, 1.54) is 35.6 Å². The zero-order chi connectivity index (χ0) is 19.7. The Hall–Kier alpha value is -3.10. The van der Waals surface area contributed by atoms with Crippen LogP contribution in [0.4, 0.5) is 26.0 Å². The molecule has 7 nitrogen and oxygen atoms in total. The van der Waals surface area contributed by atoms with E-state index >= 15 is 0 Å². The van der Waals surface area contributed by atoms with E-state index in [-0.39, 0.29) is 24.8 Å². The van der Waals surface area contributed by atoms with Gasteiger partial charge >= 0.3 is 0 Å². The number of amides is 2. The van der Waals surface area contributed by atoms with Crippen LogP contribution in [0.15, 0.2) is 36.8 Å². The molecule has 1 saturated heterocycles. The summed E-state index contributed by atoms with van der Waals surface area (Å²) in [7, 11) is 0. The van der Waals surface area contributed by atoms with Gasteiger partial charge in [-0.15, -0.1) is 0 Å². The van der Waals surface area contributed by atoms with Gasteiger partial charge in [-0.05, 0) is 31.0 Å². The van der Waals surface area contributed by atoms with Crippen LogP contribution in [-0.2, 0) is 4.79 Å². The quantitative estimate of drug-likeness (QED) is 0.824. The number of nitrogens with zero attached hydrogens (tertiary/aromatic N) is 3. The molecule has 1 aliphatic heterocycles. The molecule has 2 aliphatic rings. The van der Waals surface area contributed by atoms with E-state index in [2.05, 4.69) is 20.6 Å². The van der Waals surface area contributed by atoms with Gasteiger partial charge in [-0.1, -0.05) is 0 Å². The molecule has 0 unspecified atom stereocenters. The summed E-state index contributed by atoms with van der Waals surface area (Å²) in [5.74, 6) is -2.96. The van der Waals surface area contributed by atoms with Gasteiger partial charge in [-0.2, -0.15) is 0 Å². The lowest BCUT2D eigenvalue weighted by atomic mass is 10.2. The molecule has 0 bridgehead atoms. The molecule has 1 saturated carbocycles. The zero-order valence-corrected chi connectivity index (χ0v) is 15.0. The van der Waals surface area contributed by atoms with Crippen LogP contribution in [0.2, 0.25) is 0 Å². The third kappa shape index (κ3) is 4.08. The predicted octanol–water partition coefficient (Wildman–Crippen LogP) is 2.92. The van der Waals surface area contributed by atoms with E-state index in [1.807, 2.05) is 0 Å². The maximum atomic E-state index is 13.6. The number of pyridine rings is 2. The lowest BCUT2D eigenvalue weighted by molar-refractivity contribution is -0.117. The summed E-state index contributed by atoms with van der Waals surface area (Å²) in [5, 5.41) is 5.41. The molecule has 0 spiro atoms. The second-order valence-corrected chi connectivity index (χ2v) is 7.07. The van der Waals surface area contributed by atoms with E-state index in [4.69, 9.17) is 0 Å². The molecule has 28 heavy (non-hydrogen) atoms. The monoisotopic (exact) mass is 387 g/mol. The maximum Gasteiger partial charge on any atom is 0.266 e. The second kappa shape index (κ2) is 7.14. The third-order valence-electron chi connectivity index (χ3n) is 4.78. The molecule has 0 aromatic carbocycles. The fraction of sp³-hybridized carbons (Fsp3) is 0.368. The van der Waals surface area contributed by atoms with Gasteiger partial charge in [0.05, 0.1) is 24.1 Å². The first-order valence-electron chi connectivity index (χ1n) is 9.06. The van der Waals surface area contributed by atoms with Gasteiger partial charge in [0.2, 0.25) is 5.91 Å². The van der Waals surface area contributed by atoms with Crippen LogP contribution in [0.5, 0.6) is 0 Å². The Balaban J connectivity index is 1.49. The highest BCUT2D eigenvalue weighted by molar-refractivity contribution is 6.06. The molecular weight excluding hydrogens is 368 g/mol. The molecule has 4 rings (SSSR count).